The number of hydrogen-bond donors (Lipinski definition) is 2. The Labute approximate surface area is 107 Å². The van der Waals surface area contributed by atoms with Crippen molar-refractivity contribution in [1.29, 1.82) is 0 Å². The first kappa shape index (κ1) is 12.9. The quantitative estimate of drug-likeness (QED) is 0.831. The molecule has 2 N–H and O–H groups in total. The molecule has 1 amide bonds. The van der Waals surface area contributed by atoms with Crippen LogP contribution in [0.3, 0.4) is 0 Å². The molecule has 18 heavy (non-hydrogen) atoms. The minimum absolute atomic E-state index is 0.0459. The normalized spacial score (nSPS) is 18.8. The summed E-state index contributed by atoms with van der Waals surface area (Å²) in [4.78, 5) is 11.7. The predicted molar refractivity (Wildman–Crippen MR) is 68.4 cm³/mol. The molecule has 1 atom stereocenters. The molecule has 0 spiro atoms. The Kier molecular flexibility index (Phi) is 4.59. The molecule has 98 valence electrons. The summed E-state index contributed by atoms with van der Waals surface area (Å²) in [5.41, 5.74) is 0.666. The van der Waals surface area contributed by atoms with Crippen molar-refractivity contribution >= 4 is 5.91 Å². The van der Waals surface area contributed by atoms with E-state index in [1.165, 1.54) is 0 Å². The van der Waals surface area contributed by atoms with Crippen molar-refractivity contribution in [2.75, 3.05) is 19.8 Å². The first-order chi connectivity index (χ1) is 8.75. The summed E-state index contributed by atoms with van der Waals surface area (Å²) in [5, 5.41) is 12.4. The van der Waals surface area contributed by atoms with E-state index in [-0.39, 0.29) is 18.1 Å². The van der Waals surface area contributed by atoms with E-state index in [4.69, 9.17) is 4.74 Å². The maximum atomic E-state index is 11.7. The van der Waals surface area contributed by atoms with Gasteiger partial charge in [0.25, 0.3) is 0 Å². The second-order valence-corrected chi connectivity index (χ2v) is 4.67. The average molecular weight is 249 g/mol. The van der Waals surface area contributed by atoms with Crippen LogP contribution >= 0.6 is 0 Å². The summed E-state index contributed by atoms with van der Waals surface area (Å²) in [5.74, 6) is 0.711. The van der Waals surface area contributed by atoms with E-state index in [0.29, 0.717) is 18.0 Å². The molecule has 1 heterocycles. The summed E-state index contributed by atoms with van der Waals surface area (Å²) in [6, 6.07) is 6.92. The minimum Gasteiger partial charge on any atom is -0.508 e. The molecule has 1 aromatic rings. The molecule has 0 aliphatic carbocycles. The number of carbonyl (C=O) groups is 1. The van der Waals surface area contributed by atoms with Crippen molar-refractivity contribution in [1.82, 2.24) is 5.32 Å². The lowest BCUT2D eigenvalue weighted by molar-refractivity contribution is -0.120. The van der Waals surface area contributed by atoms with Crippen LogP contribution < -0.4 is 5.32 Å². The Morgan fingerprint density at radius 3 is 3.00 bits per heavy atom. The largest absolute Gasteiger partial charge is 0.508 e. The Bertz CT molecular complexity index is 400. The number of carbonyl (C=O) groups excluding carboxylic acids is 1. The van der Waals surface area contributed by atoms with E-state index in [1.54, 1.807) is 18.2 Å². The van der Waals surface area contributed by atoms with Gasteiger partial charge < -0.3 is 15.2 Å². The third-order valence-corrected chi connectivity index (χ3v) is 3.24. The maximum absolute atomic E-state index is 11.7. The van der Waals surface area contributed by atoms with E-state index in [0.717, 1.165) is 26.1 Å². The molecule has 1 unspecified atom stereocenters. The second kappa shape index (κ2) is 6.40. The zero-order chi connectivity index (χ0) is 12.8. The van der Waals surface area contributed by atoms with Gasteiger partial charge in [0, 0.05) is 25.3 Å². The van der Waals surface area contributed by atoms with Gasteiger partial charge in [-0.1, -0.05) is 18.2 Å². The van der Waals surface area contributed by atoms with E-state index in [9.17, 15) is 9.90 Å². The number of phenolic OH excluding ortho intramolecular Hbond substituents is 1. The van der Waals surface area contributed by atoms with E-state index in [1.807, 2.05) is 6.07 Å². The zero-order valence-electron chi connectivity index (χ0n) is 10.4. The van der Waals surface area contributed by atoms with Crippen molar-refractivity contribution < 1.29 is 14.6 Å². The van der Waals surface area contributed by atoms with Crippen molar-refractivity contribution in [3.8, 4) is 5.75 Å². The third kappa shape index (κ3) is 3.74. The van der Waals surface area contributed by atoms with E-state index in [2.05, 4.69) is 5.32 Å². The highest BCUT2D eigenvalue weighted by Crippen LogP contribution is 2.17. The number of para-hydroxylation sites is 1. The standard InChI is InChI=1S/C14H19NO3/c16-13-4-2-1-3-12(13)9-14(17)15-7-5-11-6-8-18-10-11/h1-4,11,16H,5-10H2,(H,15,17). The Morgan fingerprint density at radius 2 is 2.28 bits per heavy atom. The van der Waals surface area contributed by atoms with Gasteiger partial charge in [-0.25, -0.2) is 0 Å². The summed E-state index contributed by atoms with van der Waals surface area (Å²) >= 11 is 0. The van der Waals surface area contributed by atoms with Crippen LogP contribution in [0.15, 0.2) is 24.3 Å². The highest BCUT2D eigenvalue weighted by molar-refractivity contribution is 5.79. The predicted octanol–water partition coefficient (Wildman–Crippen LogP) is 1.48. The fourth-order valence-electron chi connectivity index (χ4n) is 2.12. The van der Waals surface area contributed by atoms with E-state index < -0.39 is 0 Å². The maximum Gasteiger partial charge on any atom is 0.224 e. The smallest absolute Gasteiger partial charge is 0.224 e. The average Bonchev–Trinajstić information content (AvgIpc) is 2.85. The molecule has 4 nitrogen and oxygen atoms in total. The fraction of sp³-hybridized carbons (Fsp3) is 0.500. The first-order valence-corrected chi connectivity index (χ1v) is 6.37. The highest BCUT2D eigenvalue weighted by Gasteiger charge is 2.15. The molecule has 1 aliphatic rings. The molecule has 1 saturated heterocycles. The topological polar surface area (TPSA) is 58.6 Å². The Balaban J connectivity index is 1.70. The molecule has 0 bridgehead atoms. The lowest BCUT2D eigenvalue weighted by atomic mass is 10.1. The summed E-state index contributed by atoms with van der Waals surface area (Å²) in [6.07, 6.45) is 2.29. The van der Waals surface area contributed by atoms with Gasteiger partial charge in [-0.05, 0) is 24.8 Å². The Morgan fingerprint density at radius 1 is 1.44 bits per heavy atom. The number of hydrogen-bond acceptors (Lipinski definition) is 3. The van der Waals surface area contributed by atoms with Crippen LogP contribution in [0.4, 0.5) is 0 Å². The summed E-state index contributed by atoms with van der Waals surface area (Å²) in [7, 11) is 0. The van der Waals surface area contributed by atoms with Crippen LogP contribution in [0, 0.1) is 5.92 Å². The fourth-order valence-corrected chi connectivity index (χ4v) is 2.12. The number of rotatable bonds is 5. The summed E-state index contributed by atoms with van der Waals surface area (Å²) in [6.45, 7) is 2.34. The molecule has 1 fully saturated rings. The Hall–Kier alpha value is -1.55. The minimum atomic E-state index is -0.0459. The van der Waals surface area contributed by atoms with Crippen molar-refractivity contribution in [3.05, 3.63) is 29.8 Å². The van der Waals surface area contributed by atoms with Gasteiger partial charge in [0.05, 0.1) is 6.42 Å². The number of benzene rings is 1. The van der Waals surface area contributed by atoms with Gasteiger partial charge in [-0.3, -0.25) is 4.79 Å². The molecule has 1 aliphatic heterocycles. The summed E-state index contributed by atoms with van der Waals surface area (Å²) < 4.78 is 5.28. The first-order valence-electron chi connectivity index (χ1n) is 6.37. The molecular formula is C14H19NO3. The van der Waals surface area contributed by atoms with Crippen LogP contribution in [-0.2, 0) is 16.0 Å². The highest BCUT2D eigenvalue weighted by atomic mass is 16.5. The van der Waals surface area contributed by atoms with Gasteiger partial charge in [0.15, 0.2) is 0 Å². The van der Waals surface area contributed by atoms with Gasteiger partial charge >= 0.3 is 0 Å². The molecule has 0 aromatic heterocycles. The van der Waals surface area contributed by atoms with Crippen molar-refractivity contribution in [2.24, 2.45) is 5.92 Å². The van der Waals surface area contributed by atoms with Gasteiger partial charge in [0.1, 0.15) is 5.75 Å². The lowest BCUT2D eigenvalue weighted by Crippen LogP contribution is -2.27. The SMILES string of the molecule is O=C(Cc1ccccc1O)NCCC1CCOC1. The lowest BCUT2D eigenvalue weighted by Gasteiger charge is -2.09. The number of aromatic hydroxyl groups is 1. The van der Waals surface area contributed by atoms with E-state index >= 15 is 0 Å². The molecule has 1 aromatic carbocycles. The molecular weight excluding hydrogens is 230 g/mol. The monoisotopic (exact) mass is 249 g/mol. The zero-order valence-corrected chi connectivity index (χ0v) is 10.4. The van der Waals surface area contributed by atoms with Crippen molar-refractivity contribution in [2.45, 2.75) is 19.3 Å². The second-order valence-electron chi connectivity index (χ2n) is 4.67. The van der Waals surface area contributed by atoms with Crippen LogP contribution in [0.2, 0.25) is 0 Å². The number of ether oxygens (including phenoxy) is 1. The van der Waals surface area contributed by atoms with Crippen molar-refractivity contribution in [3.63, 3.8) is 0 Å². The van der Waals surface area contributed by atoms with Gasteiger partial charge in [-0.15, -0.1) is 0 Å². The third-order valence-electron chi connectivity index (χ3n) is 3.24. The molecule has 0 saturated carbocycles. The number of amides is 1. The molecule has 0 radical (unpaired) electrons. The van der Waals surface area contributed by atoms with Gasteiger partial charge in [-0.2, -0.15) is 0 Å². The molecule has 4 heteroatoms. The van der Waals surface area contributed by atoms with Crippen LogP contribution in [0.5, 0.6) is 5.75 Å². The van der Waals surface area contributed by atoms with Crippen LogP contribution in [-0.4, -0.2) is 30.8 Å². The van der Waals surface area contributed by atoms with Crippen LogP contribution in [0.25, 0.3) is 0 Å². The number of nitrogens with one attached hydrogen (secondary N) is 1. The van der Waals surface area contributed by atoms with Gasteiger partial charge in [0.2, 0.25) is 5.91 Å². The van der Waals surface area contributed by atoms with Crippen LogP contribution in [0.1, 0.15) is 18.4 Å². The molecule has 2 rings (SSSR count). The number of phenols is 1.